The summed E-state index contributed by atoms with van der Waals surface area (Å²) < 4.78 is 76.8. The first-order chi connectivity index (χ1) is 11.9. The number of carbonyl (C=O) groups is 1. The van der Waals surface area contributed by atoms with Crippen LogP contribution in [0.15, 0.2) is 4.90 Å². The van der Waals surface area contributed by atoms with E-state index in [0.29, 0.717) is 11.8 Å². The Labute approximate surface area is 152 Å². The quantitative estimate of drug-likeness (QED) is 0.275. The fourth-order valence-corrected chi connectivity index (χ4v) is 3.29. The number of esters is 1. The van der Waals surface area contributed by atoms with Gasteiger partial charge in [0.05, 0.1) is 12.7 Å². The van der Waals surface area contributed by atoms with Gasteiger partial charge in [-0.3, -0.25) is 0 Å². The number of ether oxygens (including phenoxy) is 2. The minimum absolute atomic E-state index is 0.0332. The second kappa shape index (κ2) is 8.98. The van der Waals surface area contributed by atoms with Crippen molar-refractivity contribution >= 4 is 17.7 Å². The lowest BCUT2D eigenvalue weighted by Gasteiger charge is -2.23. The lowest BCUT2D eigenvalue weighted by molar-refractivity contribution is -0.143. The van der Waals surface area contributed by atoms with Gasteiger partial charge in [-0.25, -0.2) is 18.6 Å². The summed E-state index contributed by atoms with van der Waals surface area (Å²) in [6, 6.07) is 0. The predicted octanol–water partition coefficient (Wildman–Crippen LogP) is 5.11. The number of pyridine rings is 1. The van der Waals surface area contributed by atoms with E-state index in [1.807, 2.05) is 0 Å². The van der Waals surface area contributed by atoms with E-state index < -0.39 is 45.9 Å². The van der Waals surface area contributed by atoms with Crippen molar-refractivity contribution in [3.63, 3.8) is 0 Å². The normalized spacial score (nSPS) is 13.4. The summed E-state index contributed by atoms with van der Waals surface area (Å²) >= 11 is 0.671. The Kier molecular flexibility index (Phi) is 7.82. The van der Waals surface area contributed by atoms with Crippen molar-refractivity contribution in [2.45, 2.75) is 50.1 Å². The SMILES string of the molecule is COC(=O)c1c(C(F)F)nc(C(F)(F)F)c(SC(C)OC)c1CC(C)C. The second-order valence-electron chi connectivity index (χ2n) is 5.84. The van der Waals surface area contributed by atoms with Crippen LogP contribution >= 0.6 is 11.8 Å². The molecule has 0 bridgehead atoms. The molecule has 4 nitrogen and oxygen atoms in total. The van der Waals surface area contributed by atoms with Crippen LogP contribution in [0.5, 0.6) is 0 Å². The highest BCUT2D eigenvalue weighted by Gasteiger charge is 2.41. The Bertz CT molecular complexity index is 650. The Hall–Kier alpha value is -1.42. The molecule has 0 aliphatic rings. The number of thioether (sulfide) groups is 1. The lowest BCUT2D eigenvalue weighted by Crippen LogP contribution is -2.21. The molecular weight excluding hydrogens is 381 g/mol. The molecule has 0 N–H and O–H groups in total. The largest absolute Gasteiger partial charge is 0.465 e. The van der Waals surface area contributed by atoms with Gasteiger partial charge in [0, 0.05) is 12.0 Å². The van der Waals surface area contributed by atoms with Gasteiger partial charge in [-0.15, -0.1) is 0 Å². The molecule has 1 aromatic rings. The van der Waals surface area contributed by atoms with E-state index in [2.05, 4.69) is 9.72 Å². The van der Waals surface area contributed by atoms with Gasteiger partial charge in [-0.05, 0) is 24.8 Å². The molecule has 1 atom stereocenters. The van der Waals surface area contributed by atoms with Crippen molar-refractivity contribution in [3.05, 3.63) is 22.5 Å². The first kappa shape index (κ1) is 22.6. The number of aromatic nitrogens is 1. The topological polar surface area (TPSA) is 48.4 Å². The van der Waals surface area contributed by atoms with Crippen molar-refractivity contribution in [1.29, 1.82) is 0 Å². The molecule has 0 aromatic carbocycles. The highest BCUT2D eigenvalue weighted by molar-refractivity contribution is 7.99. The molecule has 148 valence electrons. The fraction of sp³-hybridized carbons (Fsp3) is 0.625. The van der Waals surface area contributed by atoms with Crippen LogP contribution < -0.4 is 0 Å². The predicted molar refractivity (Wildman–Crippen MR) is 86.4 cm³/mol. The molecule has 26 heavy (non-hydrogen) atoms. The molecule has 0 radical (unpaired) electrons. The minimum atomic E-state index is -4.97. The molecule has 1 heterocycles. The molecule has 10 heteroatoms. The zero-order valence-corrected chi connectivity index (χ0v) is 15.7. The van der Waals surface area contributed by atoms with E-state index in [1.165, 1.54) is 14.0 Å². The average molecular weight is 401 g/mol. The first-order valence-electron chi connectivity index (χ1n) is 7.63. The third-order valence-electron chi connectivity index (χ3n) is 3.37. The van der Waals surface area contributed by atoms with E-state index in [-0.39, 0.29) is 17.9 Å². The monoisotopic (exact) mass is 401 g/mol. The van der Waals surface area contributed by atoms with Crippen LogP contribution in [0.4, 0.5) is 22.0 Å². The molecule has 0 saturated heterocycles. The second-order valence-corrected chi connectivity index (χ2v) is 7.15. The van der Waals surface area contributed by atoms with Crippen LogP contribution in [-0.4, -0.2) is 30.6 Å². The Morgan fingerprint density at radius 3 is 2.15 bits per heavy atom. The zero-order chi connectivity index (χ0) is 20.2. The van der Waals surface area contributed by atoms with Gasteiger partial charge in [0.2, 0.25) is 0 Å². The third-order valence-corrected chi connectivity index (χ3v) is 4.57. The summed E-state index contributed by atoms with van der Waals surface area (Å²) in [6.07, 6.45) is -8.37. The van der Waals surface area contributed by atoms with Crippen molar-refractivity contribution in [1.82, 2.24) is 4.98 Å². The molecular formula is C16H20F5NO3S. The highest BCUT2D eigenvalue weighted by atomic mass is 32.2. The smallest absolute Gasteiger partial charge is 0.434 e. The molecule has 1 aromatic heterocycles. The van der Waals surface area contributed by atoms with Crippen molar-refractivity contribution in [2.75, 3.05) is 14.2 Å². The van der Waals surface area contributed by atoms with Crippen molar-refractivity contribution in [3.8, 4) is 0 Å². The summed E-state index contributed by atoms with van der Waals surface area (Å²) in [7, 11) is 2.27. The summed E-state index contributed by atoms with van der Waals surface area (Å²) in [6.45, 7) is 4.90. The molecule has 0 saturated carbocycles. The van der Waals surface area contributed by atoms with Gasteiger partial charge in [-0.2, -0.15) is 13.2 Å². The number of carbonyl (C=O) groups excluding carboxylic acids is 1. The summed E-state index contributed by atoms with van der Waals surface area (Å²) in [5.74, 6) is -1.35. The number of hydrogen-bond donors (Lipinski definition) is 0. The maximum Gasteiger partial charge on any atom is 0.434 e. The van der Waals surface area contributed by atoms with Crippen molar-refractivity contribution < 1.29 is 36.2 Å². The van der Waals surface area contributed by atoms with Gasteiger partial charge in [0.15, 0.2) is 5.69 Å². The number of halogens is 5. The third kappa shape index (κ3) is 5.29. The Morgan fingerprint density at radius 1 is 1.19 bits per heavy atom. The lowest BCUT2D eigenvalue weighted by atomic mass is 9.96. The summed E-state index contributed by atoms with van der Waals surface area (Å²) in [5.41, 5.74) is -4.17. The molecule has 0 fully saturated rings. The number of nitrogens with zero attached hydrogens (tertiary/aromatic N) is 1. The summed E-state index contributed by atoms with van der Waals surface area (Å²) in [5, 5.41) is 0. The molecule has 1 unspecified atom stereocenters. The maximum absolute atomic E-state index is 13.5. The van der Waals surface area contributed by atoms with Gasteiger partial charge in [0.25, 0.3) is 6.43 Å². The first-order valence-corrected chi connectivity index (χ1v) is 8.51. The number of hydrogen-bond acceptors (Lipinski definition) is 5. The van der Waals surface area contributed by atoms with Gasteiger partial charge < -0.3 is 9.47 Å². The highest BCUT2D eigenvalue weighted by Crippen LogP contribution is 2.43. The number of methoxy groups -OCH3 is 2. The van der Waals surface area contributed by atoms with Crippen LogP contribution in [0.3, 0.4) is 0 Å². The van der Waals surface area contributed by atoms with E-state index in [0.717, 1.165) is 7.11 Å². The Morgan fingerprint density at radius 2 is 1.77 bits per heavy atom. The van der Waals surface area contributed by atoms with Crippen molar-refractivity contribution in [2.24, 2.45) is 5.92 Å². The van der Waals surface area contributed by atoms with Crippen LogP contribution in [0.25, 0.3) is 0 Å². The van der Waals surface area contributed by atoms with Crippen LogP contribution in [0, 0.1) is 5.92 Å². The molecule has 0 aliphatic carbocycles. The number of alkyl halides is 5. The standard InChI is InChI=1S/C16H20F5NO3S/c1-7(2)6-9-10(15(23)25-5)11(14(17)18)22-13(16(19,20)21)12(9)26-8(3)24-4/h7-8,14H,6H2,1-5H3. The summed E-state index contributed by atoms with van der Waals surface area (Å²) in [4.78, 5) is 14.8. The maximum atomic E-state index is 13.5. The average Bonchev–Trinajstić information content (AvgIpc) is 2.52. The molecule has 0 spiro atoms. The van der Waals surface area contributed by atoms with Crippen LogP contribution in [-0.2, 0) is 22.1 Å². The van der Waals surface area contributed by atoms with E-state index in [1.54, 1.807) is 13.8 Å². The van der Waals surface area contributed by atoms with Crippen LogP contribution in [0.1, 0.15) is 54.5 Å². The molecule has 0 aliphatic heterocycles. The van der Waals surface area contributed by atoms with E-state index >= 15 is 0 Å². The number of rotatable bonds is 7. The zero-order valence-electron chi connectivity index (χ0n) is 14.9. The van der Waals surface area contributed by atoms with E-state index in [4.69, 9.17) is 4.74 Å². The van der Waals surface area contributed by atoms with Crippen LogP contribution in [0.2, 0.25) is 0 Å². The molecule has 1 rings (SSSR count). The molecule has 0 amide bonds. The minimum Gasteiger partial charge on any atom is -0.465 e. The van der Waals surface area contributed by atoms with Gasteiger partial charge >= 0.3 is 12.1 Å². The van der Waals surface area contributed by atoms with Gasteiger partial charge in [0.1, 0.15) is 11.1 Å². The Balaban J connectivity index is 3.93. The van der Waals surface area contributed by atoms with Gasteiger partial charge in [-0.1, -0.05) is 25.6 Å². The van der Waals surface area contributed by atoms with E-state index in [9.17, 15) is 26.7 Å². The fourth-order valence-electron chi connectivity index (χ4n) is 2.26.